The van der Waals surface area contributed by atoms with E-state index < -0.39 is 27.9 Å². The molecular weight excluding hydrogens is 450 g/mol. The molecule has 1 amide bonds. The maximum Gasteiger partial charge on any atom is 0.329 e. The second-order valence-corrected chi connectivity index (χ2v) is 10.1. The lowest BCUT2D eigenvalue weighted by Gasteiger charge is -2.26. The van der Waals surface area contributed by atoms with Gasteiger partial charge in [0.2, 0.25) is 10.0 Å². The number of nitrogens with one attached hydrogen (secondary N) is 1. The molecule has 1 aromatic heterocycles. The number of nitrogens with zero attached hydrogens (tertiary/aromatic N) is 2. The predicted octanol–water partition coefficient (Wildman–Crippen LogP) is 1.81. The largest absolute Gasteiger partial charge is 0.459 e. The zero-order valence-corrected chi connectivity index (χ0v) is 20.0. The highest BCUT2D eigenvalue weighted by Crippen LogP contribution is 2.19. The van der Waals surface area contributed by atoms with Gasteiger partial charge in [-0.1, -0.05) is 25.1 Å². The number of hydrogen-bond acceptors (Lipinski definition) is 8. The third-order valence-electron chi connectivity index (χ3n) is 5.45. The third-order valence-corrected chi connectivity index (χ3v) is 7.35. The summed E-state index contributed by atoms with van der Waals surface area (Å²) in [6.07, 6.45) is 0. The van der Waals surface area contributed by atoms with Crippen LogP contribution in [0.15, 0.2) is 33.7 Å². The number of morpholine rings is 1. The van der Waals surface area contributed by atoms with E-state index in [2.05, 4.69) is 10.5 Å². The average Bonchev–Trinajstić information content (AvgIpc) is 3.13. The van der Waals surface area contributed by atoms with Crippen LogP contribution >= 0.6 is 0 Å². The minimum atomic E-state index is -3.75. The first kappa shape index (κ1) is 24.9. The number of amides is 1. The topological polar surface area (TPSA) is 128 Å². The lowest BCUT2D eigenvalue weighted by Crippen LogP contribution is -2.45. The molecular formula is C22H29N3O7S. The van der Waals surface area contributed by atoms with Gasteiger partial charge < -0.3 is 19.3 Å². The fraction of sp³-hybridized carbons (Fsp3) is 0.500. The molecule has 1 saturated heterocycles. The Kier molecular flexibility index (Phi) is 7.88. The van der Waals surface area contributed by atoms with Crippen molar-refractivity contribution in [2.24, 2.45) is 5.92 Å². The summed E-state index contributed by atoms with van der Waals surface area (Å²) < 4.78 is 42.8. The van der Waals surface area contributed by atoms with E-state index in [0.717, 1.165) is 0 Å². The van der Waals surface area contributed by atoms with Crippen molar-refractivity contribution in [2.45, 2.75) is 45.2 Å². The molecule has 0 aliphatic carbocycles. The molecule has 1 atom stereocenters. The van der Waals surface area contributed by atoms with Crippen LogP contribution < -0.4 is 5.32 Å². The average molecular weight is 480 g/mol. The number of carbonyl (C=O) groups is 2. The van der Waals surface area contributed by atoms with Crippen molar-refractivity contribution in [3.63, 3.8) is 0 Å². The number of hydrogen-bond donors (Lipinski definition) is 1. The molecule has 1 fully saturated rings. The van der Waals surface area contributed by atoms with E-state index in [4.69, 9.17) is 14.0 Å². The van der Waals surface area contributed by atoms with Gasteiger partial charge in [0.15, 0.2) is 0 Å². The molecule has 0 radical (unpaired) electrons. The summed E-state index contributed by atoms with van der Waals surface area (Å²) in [5.41, 5.74) is 1.44. The Morgan fingerprint density at radius 1 is 1.21 bits per heavy atom. The van der Waals surface area contributed by atoms with E-state index in [-0.39, 0.29) is 36.1 Å². The number of benzene rings is 1. The van der Waals surface area contributed by atoms with E-state index in [1.54, 1.807) is 27.7 Å². The lowest BCUT2D eigenvalue weighted by molar-refractivity contribution is -0.148. The summed E-state index contributed by atoms with van der Waals surface area (Å²) in [6, 6.07) is 4.84. The number of rotatable bonds is 8. The summed E-state index contributed by atoms with van der Waals surface area (Å²) in [6.45, 7) is 8.17. The molecule has 10 nitrogen and oxygen atoms in total. The first-order chi connectivity index (χ1) is 15.6. The Morgan fingerprint density at radius 3 is 2.52 bits per heavy atom. The Hall–Kier alpha value is -2.76. The van der Waals surface area contributed by atoms with Gasteiger partial charge >= 0.3 is 5.97 Å². The fourth-order valence-corrected chi connectivity index (χ4v) is 4.85. The van der Waals surface area contributed by atoms with Gasteiger partial charge in [0.25, 0.3) is 5.91 Å². The van der Waals surface area contributed by atoms with E-state index in [1.165, 1.54) is 28.6 Å². The highest BCUT2D eigenvalue weighted by atomic mass is 32.2. The maximum absolute atomic E-state index is 12.9. The summed E-state index contributed by atoms with van der Waals surface area (Å²) in [5, 5.41) is 6.50. The smallest absolute Gasteiger partial charge is 0.329 e. The van der Waals surface area contributed by atoms with Gasteiger partial charge in [-0.25, -0.2) is 13.2 Å². The van der Waals surface area contributed by atoms with Gasteiger partial charge in [-0.3, -0.25) is 4.79 Å². The van der Waals surface area contributed by atoms with Gasteiger partial charge in [0.1, 0.15) is 18.4 Å². The molecule has 0 unspecified atom stereocenters. The number of sulfonamides is 1. The Bertz CT molecular complexity index is 1090. The minimum Gasteiger partial charge on any atom is -0.459 e. The summed E-state index contributed by atoms with van der Waals surface area (Å²) in [7, 11) is -3.75. The zero-order valence-electron chi connectivity index (χ0n) is 19.2. The second kappa shape index (κ2) is 10.4. The van der Waals surface area contributed by atoms with Crippen LogP contribution in [-0.2, 0) is 30.9 Å². The molecule has 1 aliphatic rings. The SMILES string of the molecule is Cc1noc(C)c1COC(=O)[C@H](NC(=O)c1cccc(S(=O)(=O)N2CCOCC2)c1)C(C)C. The molecule has 2 aromatic rings. The van der Waals surface area contributed by atoms with Crippen molar-refractivity contribution in [1.29, 1.82) is 0 Å². The minimum absolute atomic E-state index is 0.0131. The molecule has 1 N–H and O–H groups in total. The number of aryl methyl sites for hydroxylation is 2. The third kappa shape index (κ3) is 5.79. The molecule has 11 heteroatoms. The first-order valence-electron chi connectivity index (χ1n) is 10.7. The normalized spacial score (nSPS) is 15.9. The number of ether oxygens (including phenoxy) is 2. The standard InChI is InChI=1S/C22H29N3O7S/c1-14(2)20(22(27)31-13-19-15(3)24-32-16(19)4)23-21(26)17-6-5-7-18(12-17)33(28,29)25-8-10-30-11-9-25/h5-7,12,14,20H,8-11,13H2,1-4H3,(H,23,26)/t20-/m1/s1. The van der Waals surface area contributed by atoms with Crippen LogP contribution in [0.25, 0.3) is 0 Å². The molecule has 0 saturated carbocycles. The fourth-order valence-electron chi connectivity index (χ4n) is 3.40. The molecule has 1 aromatic carbocycles. The molecule has 180 valence electrons. The van der Waals surface area contributed by atoms with Crippen LogP contribution in [0, 0.1) is 19.8 Å². The molecule has 3 rings (SSSR count). The second-order valence-electron chi connectivity index (χ2n) is 8.15. The number of esters is 1. The molecule has 1 aliphatic heterocycles. The Labute approximate surface area is 193 Å². The Morgan fingerprint density at radius 2 is 1.91 bits per heavy atom. The highest BCUT2D eigenvalue weighted by Gasteiger charge is 2.29. The summed E-state index contributed by atoms with van der Waals surface area (Å²) in [4.78, 5) is 25.6. The summed E-state index contributed by atoms with van der Waals surface area (Å²) in [5.74, 6) is -0.868. The van der Waals surface area contributed by atoms with Gasteiger partial charge in [-0.05, 0) is 38.0 Å². The molecule has 0 bridgehead atoms. The first-order valence-corrected chi connectivity index (χ1v) is 12.1. The molecule has 0 spiro atoms. The van der Waals surface area contributed by atoms with Gasteiger partial charge in [0, 0.05) is 18.7 Å². The highest BCUT2D eigenvalue weighted by molar-refractivity contribution is 7.89. The quantitative estimate of drug-likeness (QED) is 0.568. The van der Waals surface area contributed by atoms with E-state index >= 15 is 0 Å². The van der Waals surface area contributed by atoms with Crippen molar-refractivity contribution in [3.8, 4) is 0 Å². The van der Waals surface area contributed by atoms with E-state index in [9.17, 15) is 18.0 Å². The summed E-state index contributed by atoms with van der Waals surface area (Å²) >= 11 is 0. The lowest BCUT2D eigenvalue weighted by atomic mass is 10.0. The zero-order chi connectivity index (χ0) is 24.2. The number of aromatic nitrogens is 1. The van der Waals surface area contributed by atoms with Crippen molar-refractivity contribution in [2.75, 3.05) is 26.3 Å². The van der Waals surface area contributed by atoms with Crippen LogP contribution in [-0.4, -0.2) is 62.1 Å². The van der Waals surface area contributed by atoms with Crippen molar-refractivity contribution in [3.05, 3.63) is 46.8 Å². The van der Waals surface area contributed by atoms with Crippen LogP contribution in [0.1, 0.15) is 41.2 Å². The van der Waals surface area contributed by atoms with Crippen molar-refractivity contribution < 1.29 is 32.0 Å². The van der Waals surface area contributed by atoms with Gasteiger partial charge in [-0.15, -0.1) is 0 Å². The molecule has 2 heterocycles. The van der Waals surface area contributed by atoms with Crippen LogP contribution in [0.3, 0.4) is 0 Å². The van der Waals surface area contributed by atoms with Crippen LogP contribution in [0.2, 0.25) is 0 Å². The predicted molar refractivity (Wildman–Crippen MR) is 118 cm³/mol. The van der Waals surface area contributed by atoms with Gasteiger partial charge in [-0.2, -0.15) is 4.31 Å². The maximum atomic E-state index is 12.9. The van der Waals surface area contributed by atoms with E-state index in [0.29, 0.717) is 30.2 Å². The van der Waals surface area contributed by atoms with Crippen molar-refractivity contribution >= 4 is 21.9 Å². The van der Waals surface area contributed by atoms with Crippen LogP contribution in [0.4, 0.5) is 0 Å². The monoisotopic (exact) mass is 479 g/mol. The Balaban J connectivity index is 1.71. The molecule has 33 heavy (non-hydrogen) atoms. The van der Waals surface area contributed by atoms with Gasteiger partial charge in [0.05, 0.1) is 29.4 Å². The van der Waals surface area contributed by atoms with Crippen molar-refractivity contribution in [1.82, 2.24) is 14.8 Å². The van der Waals surface area contributed by atoms with Crippen LogP contribution in [0.5, 0.6) is 0 Å². The number of carbonyl (C=O) groups excluding carboxylic acids is 2. The van der Waals surface area contributed by atoms with E-state index in [1.807, 2.05) is 0 Å².